The minimum Gasteiger partial charge on any atom is -0.366 e. The number of imide groups is 1. The van der Waals surface area contributed by atoms with Gasteiger partial charge in [-0.1, -0.05) is 48.5 Å². The first-order valence-electron chi connectivity index (χ1n) is 8.76. The zero-order chi connectivity index (χ0) is 17.2. The highest BCUT2D eigenvalue weighted by atomic mass is 16.2. The summed E-state index contributed by atoms with van der Waals surface area (Å²) in [5.74, 6) is -0.445. The number of nitrogens with zero attached hydrogens (tertiary/aromatic N) is 2. The largest absolute Gasteiger partial charge is 0.366 e. The van der Waals surface area contributed by atoms with Crippen molar-refractivity contribution in [2.45, 2.75) is 19.3 Å². The Morgan fingerprint density at radius 3 is 1.92 bits per heavy atom. The van der Waals surface area contributed by atoms with Crippen LogP contribution in [0.25, 0.3) is 5.57 Å². The van der Waals surface area contributed by atoms with Crippen LogP contribution in [0.1, 0.15) is 24.8 Å². The zero-order valence-electron chi connectivity index (χ0n) is 14.0. The third kappa shape index (κ3) is 2.74. The predicted octanol–water partition coefficient (Wildman–Crippen LogP) is 3.46. The first-order chi connectivity index (χ1) is 12.3. The summed E-state index contributed by atoms with van der Waals surface area (Å²) in [7, 11) is 0. The first-order valence-corrected chi connectivity index (χ1v) is 8.76. The van der Waals surface area contributed by atoms with E-state index in [0.29, 0.717) is 17.0 Å². The highest BCUT2D eigenvalue weighted by molar-refractivity contribution is 6.45. The van der Waals surface area contributed by atoms with Crippen molar-refractivity contribution >= 4 is 23.1 Å². The van der Waals surface area contributed by atoms with Crippen LogP contribution in [0.3, 0.4) is 0 Å². The van der Waals surface area contributed by atoms with Gasteiger partial charge in [0.1, 0.15) is 5.70 Å². The first kappa shape index (κ1) is 15.6. The van der Waals surface area contributed by atoms with Crippen LogP contribution < -0.4 is 4.90 Å². The minimum atomic E-state index is -0.233. The molecule has 4 nitrogen and oxygen atoms in total. The van der Waals surface area contributed by atoms with Crippen LogP contribution in [0.5, 0.6) is 0 Å². The molecule has 0 radical (unpaired) electrons. The highest BCUT2D eigenvalue weighted by Crippen LogP contribution is 2.35. The van der Waals surface area contributed by atoms with E-state index < -0.39 is 0 Å². The monoisotopic (exact) mass is 332 g/mol. The molecule has 2 aromatic carbocycles. The van der Waals surface area contributed by atoms with E-state index in [4.69, 9.17) is 0 Å². The van der Waals surface area contributed by atoms with Crippen LogP contribution >= 0.6 is 0 Å². The van der Waals surface area contributed by atoms with Gasteiger partial charge >= 0.3 is 0 Å². The number of carbonyl (C=O) groups is 2. The van der Waals surface area contributed by atoms with Gasteiger partial charge in [0.15, 0.2) is 0 Å². The number of anilines is 1. The Balaban J connectivity index is 1.83. The second-order valence-corrected chi connectivity index (χ2v) is 6.42. The summed E-state index contributed by atoms with van der Waals surface area (Å²) in [5.41, 5.74) is 2.51. The van der Waals surface area contributed by atoms with E-state index in [1.165, 1.54) is 11.3 Å². The van der Waals surface area contributed by atoms with Gasteiger partial charge in [0.05, 0.1) is 11.3 Å². The molecule has 4 heteroatoms. The number of piperidine rings is 1. The third-order valence-corrected chi connectivity index (χ3v) is 4.81. The fourth-order valence-corrected chi connectivity index (χ4v) is 3.61. The molecule has 0 N–H and O–H groups in total. The molecule has 0 saturated carbocycles. The average molecular weight is 332 g/mol. The van der Waals surface area contributed by atoms with Crippen molar-refractivity contribution in [3.8, 4) is 0 Å². The molecule has 0 bridgehead atoms. The van der Waals surface area contributed by atoms with Crippen LogP contribution in [0.2, 0.25) is 0 Å². The minimum absolute atomic E-state index is 0.211. The molecule has 126 valence electrons. The second-order valence-electron chi connectivity index (χ2n) is 6.42. The molecule has 25 heavy (non-hydrogen) atoms. The summed E-state index contributed by atoms with van der Waals surface area (Å²) in [6, 6.07) is 18.7. The van der Waals surface area contributed by atoms with Crippen molar-refractivity contribution in [1.82, 2.24) is 4.90 Å². The van der Waals surface area contributed by atoms with Crippen molar-refractivity contribution in [3.05, 3.63) is 71.9 Å². The Labute approximate surface area is 147 Å². The quantitative estimate of drug-likeness (QED) is 0.808. The van der Waals surface area contributed by atoms with Gasteiger partial charge in [-0.05, 0) is 37.0 Å². The molecule has 1 fully saturated rings. The molecule has 0 aliphatic carbocycles. The van der Waals surface area contributed by atoms with Gasteiger partial charge in [0, 0.05) is 13.1 Å². The van der Waals surface area contributed by atoms with E-state index in [2.05, 4.69) is 4.90 Å². The van der Waals surface area contributed by atoms with Crippen LogP contribution in [0.15, 0.2) is 66.4 Å². The molecule has 2 aromatic rings. The SMILES string of the molecule is O=C1C(c2ccccc2)=C(N2CCCCC2)C(=O)N1c1ccccc1. The summed E-state index contributed by atoms with van der Waals surface area (Å²) < 4.78 is 0. The summed E-state index contributed by atoms with van der Waals surface area (Å²) in [6.45, 7) is 1.65. The molecule has 2 heterocycles. The van der Waals surface area contributed by atoms with E-state index >= 15 is 0 Å². The molecule has 1 saturated heterocycles. The molecular weight excluding hydrogens is 312 g/mol. The van der Waals surface area contributed by atoms with Crippen molar-refractivity contribution < 1.29 is 9.59 Å². The summed E-state index contributed by atoms with van der Waals surface area (Å²) in [4.78, 5) is 29.8. The zero-order valence-corrected chi connectivity index (χ0v) is 14.0. The Bertz CT molecular complexity index is 821. The Morgan fingerprint density at radius 2 is 1.28 bits per heavy atom. The van der Waals surface area contributed by atoms with Crippen LogP contribution in [-0.4, -0.2) is 29.8 Å². The maximum Gasteiger partial charge on any atom is 0.282 e. The Morgan fingerprint density at radius 1 is 0.680 bits per heavy atom. The maximum absolute atomic E-state index is 13.2. The Hall–Kier alpha value is -2.88. The highest BCUT2D eigenvalue weighted by Gasteiger charge is 2.42. The molecule has 2 aliphatic heterocycles. The number of hydrogen-bond donors (Lipinski definition) is 0. The smallest absolute Gasteiger partial charge is 0.282 e. The topological polar surface area (TPSA) is 40.6 Å². The van der Waals surface area contributed by atoms with E-state index in [-0.39, 0.29) is 11.8 Å². The van der Waals surface area contributed by atoms with Gasteiger partial charge in [-0.3, -0.25) is 9.59 Å². The normalized spacial score (nSPS) is 18.2. The standard InChI is InChI=1S/C21H20N2O2/c24-20-18(16-10-4-1-5-11-16)19(22-14-8-3-9-15-22)21(25)23(20)17-12-6-2-7-13-17/h1-2,4-7,10-13H,3,8-9,14-15H2. The molecule has 0 unspecified atom stereocenters. The van der Waals surface area contributed by atoms with Crippen molar-refractivity contribution in [3.63, 3.8) is 0 Å². The second kappa shape index (κ2) is 6.55. The molecular formula is C21H20N2O2. The summed E-state index contributed by atoms with van der Waals surface area (Å²) >= 11 is 0. The number of benzene rings is 2. The van der Waals surface area contributed by atoms with E-state index in [1.807, 2.05) is 48.5 Å². The van der Waals surface area contributed by atoms with Crippen molar-refractivity contribution in [1.29, 1.82) is 0 Å². The molecule has 0 spiro atoms. The van der Waals surface area contributed by atoms with Gasteiger partial charge in [-0.2, -0.15) is 0 Å². The lowest BCUT2D eigenvalue weighted by Crippen LogP contribution is -2.37. The van der Waals surface area contributed by atoms with Crippen LogP contribution in [0, 0.1) is 0 Å². The average Bonchev–Trinajstić information content (AvgIpc) is 2.94. The van der Waals surface area contributed by atoms with E-state index in [9.17, 15) is 9.59 Å². The van der Waals surface area contributed by atoms with Gasteiger partial charge in [0.2, 0.25) is 0 Å². The molecule has 2 aliphatic rings. The third-order valence-electron chi connectivity index (χ3n) is 4.81. The predicted molar refractivity (Wildman–Crippen MR) is 97.7 cm³/mol. The molecule has 0 aromatic heterocycles. The number of rotatable bonds is 3. The van der Waals surface area contributed by atoms with E-state index in [0.717, 1.165) is 31.5 Å². The molecule has 0 atom stereocenters. The lowest BCUT2D eigenvalue weighted by molar-refractivity contribution is -0.120. The van der Waals surface area contributed by atoms with Gasteiger partial charge in [-0.15, -0.1) is 0 Å². The number of amides is 2. The van der Waals surface area contributed by atoms with Crippen molar-refractivity contribution in [2.24, 2.45) is 0 Å². The summed E-state index contributed by atoms with van der Waals surface area (Å²) in [6.07, 6.45) is 3.28. The number of carbonyl (C=O) groups excluding carboxylic acids is 2. The number of para-hydroxylation sites is 1. The van der Waals surface area contributed by atoms with E-state index in [1.54, 1.807) is 12.1 Å². The lowest BCUT2D eigenvalue weighted by Gasteiger charge is -2.29. The fraction of sp³-hybridized carbons (Fsp3) is 0.238. The van der Waals surface area contributed by atoms with Crippen LogP contribution in [-0.2, 0) is 9.59 Å². The summed E-state index contributed by atoms with van der Waals surface area (Å²) in [5, 5.41) is 0. The lowest BCUT2D eigenvalue weighted by atomic mass is 10.0. The Kier molecular flexibility index (Phi) is 4.10. The molecule has 4 rings (SSSR count). The molecule has 2 amide bonds. The van der Waals surface area contributed by atoms with Crippen molar-refractivity contribution in [2.75, 3.05) is 18.0 Å². The number of hydrogen-bond acceptors (Lipinski definition) is 3. The van der Waals surface area contributed by atoms with Crippen LogP contribution in [0.4, 0.5) is 5.69 Å². The van der Waals surface area contributed by atoms with Gasteiger partial charge in [-0.25, -0.2) is 4.90 Å². The maximum atomic E-state index is 13.2. The van der Waals surface area contributed by atoms with Gasteiger partial charge in [0.25, 0.3) is 11.8 Å². The van der Waals surface area contributed by atoms with Gasteiger partial charge < -0.3 is 4.90 Å². The fourth-order valence-electron chi connectivity index (χ4n) is 3.61. The number of likely N-dealkylation sites (tertiary alicyclic amines) is 1.